The number of hydrogen-bond donors (Lipinski definition) is 0. The van der Waals surface area contributed by atoms with E-state index in [0.717, 1.165) is 6.42 Å². The normalized spacial score (nSPS) is 14.6. The van der Waals surface area contributed by atoms with Gasteiger partial charge in [0.05, 0.1) is 13.5 Å². The SMILES string of the molecule is C=C(CC(=O)OC)C(=O)OCN1CCCC1=O. The van der Waals surface area contributed by atoms with Crippen LogP contribution in [-0.2, 0) is 23.9 Å². The first-order chi connectivity index (χ1) is 8.04. The maximum absolute atomic E-state index is 11.4. The van der Waals surface area contributed by atoms with Crippen LogP contribution in [-0.4, -0.2) is 43.1 Å². The third-order valence-electron chi connectivity index (χ3n) is 2.40. The zero-order valence-corrected chi connectivity index (χ0v) is 9.73. The Morgan fingerprint density at radius 2 is 2.18 bits per heavy atom. The number of amides is 1. The highest BCUT2D eigenvalue weighted by molar-refractivity contribution is 5.93. The molecule has 0 aliphatic carbocycles. The molecule has 0 unspecified atom stereocenters. The van der Waals surface area contributed by atoms with Crippen molar-refractivity contribution in [2.75, 3.05) is 20.4 Å². The molecule has 0 radical (unpaired) electrons. The van der Waals surface area contributed by atoms with E-state index in [1.807, 2.05) is 0 Å². The van der Waals surface area contributed by atoms with Gasteiger partial charge in [0.2, 0.25) is 5.91 Å². The van der Waals surface area contributed by atoms with Gasteiger partial charge in [0, 0.05) is 18.5 Å². The Balaban J connectivity index is 2.31. The largest absolute Gasteiger partial charge is 0.469 e. The summed E-state index contributed by atoms with van der Waals surface area (Å²) in [6, 6.07) is 0. The lowest BCUT2D eigenvalue weighted by Gasteiger charge is -2.15. The van der Waals surface area contributed by atoms with Gasteiger partial charge < -0.3 is 14.4 Å². The summed E-state index contributed by atoms with van der Waals surface area (Å²) in [7, 11) is 1.23. The Morgan fingerprint density at radius 3 is 2.71 bits per heavy atom. The average molecular weight is 241 g/mol. The monoisotopic (exact) mass is 241 g/mol. The van der Waals surface area contributed by atoms with E-state index in [1.54, 1.807) is 0 Å². The molecule has 1 aliphatic rings. The zero-order valence-electron chi connectivity index (χ0n) is 9.73. The van der Waals surface area contributed by atoms with Gasteiger partial charge in [-0.2, -0.15) is 0 Å². The smallest absolute Gasteiger partial charge is 0.335 e. The maximum atomic E-state index is 11.4. The number of esters is 2. The van der Waals surface area contributed by atoms with Crippen LogP contribution in [0.4, 0.5) is 0 Å². The minimum Gasteiger partial charge on any atom is -0.469 e. The van der Waals surface area contributed by atoms with Crippen LogP contribution >= 0.6 is 0 Å². The van der Waals surface area contributed by atoms with Crippen LogP contribution in [0.5, 0.6) is 0 Å². The van der Waals surface area contributed by atoms with Crippen molar-refractivity contribution in [1.82, 2.24) is 4.90 Å². The summed E-state index contributed by atoms with van der Waals surface area (Å²) in [6.07, 6.45) is 1.06. The van der Waals surface area contributed by atoms with Crippen LogP contribution in [0.15, 0.2) is 12.2 Å². The second-order valence-corrected chi connectivity index (χ2v) is 3.68. The molecule has 94 valence electrons. The van der Waals surface area contributed by atoms with Crippen LogP contribution in [0.25, 0.3) is 0 Å². The third kappa shape index (κ3) is 3.90. The Kier molecular flexibility index (Phi) is 4.68. The highest BCUT2D eigenvalue weighted by atomic mass is 16.5. The molecular weight excluding hydrogens is 226 g/mol. The molecule has 0 bridgehead atoms. The van der Waals surface area contributed by atoms with Crippen molar-refractivity contribution in [3.63, 3.8) is 0 Å². The number of likely N-dealkylation sites (tertiary alicyclic amines) is 1. The molecule has 1 amide bonds. The van der Waals surface area contributed by atoms with Gasteiger partial charge in [-0.05, 0) is 6.42 Å². The Hall–Kier alpha value is -1.85. The molecule has 17 heavy (non-hydrogen) atoms. The van der Waals surface area contributed by atoms with Gasteiger partial charge >= 0.3 is 11.9 Å². The van der Waals surface area contributed by atoms with Crippen LogP contribution in [0.2, 0.25) is 0 Å². The lowest BCUT2D eigenvalue weighted by molar-refractivity contribution is -0.149. The van der Waals surface area contributed by atoms with Crippen LogP contribution in [0, 0.1) is 0 Å². The number of carbonyl (C=O) groups excluding carboxylic acids is 3. The minimum atomic E-state index is -0.685. The summed E-state index contributed by atoms with van der Waals surface area (Å²) < 4.78 is 9.26. The second-order valence-electron chi connectivity index (χ2n) is 3.68. The van der Waals surface area contributed by atoms with Crippen molar-refractivity contribution in [2.45, 2.75) is 19.3 Å². The third-order valence-corrected chi connectivity index (χ3v) is 2.40. The number of rotatable bonds is 5. The van der Waals surface area contributed by atoms with E-state index in [2.05, 4.69) is 11.3 Å². The number of nitrogens with zero attached hydrogens (tertiary/aromatic N) is 1. The quantitative estimate of drug-likeness (QED) is 0.509. The maximum Gasteiger partial charge on any atom is 0.335 e. The van der Waals surface area contributed by atoms with Gasteiger partial charge in [-0.3, -0.25) is 9.59 Å². The summed E-state index contributed by atoms with van der Waals surface area (Å²) in [5.74, 6) is -1.27. The fourth-order valence-corrected chi connectivity index (χ4v) is 1.40. The average Bonchev–Trinajstić information content (AvgIpc) is 2.71. The van der Waals surface area contributed by atoms with Crippen LogP contribution < -0.4 is 0 Å². The Labute approximate surface area is 99.2 Å². The van der Waals surface area contributed by atoms with E-state index in [0.29, 0.717) is 13.0 Å². The van der Waals surface area contributed by atoms with Crippen molar-refractivity contribution in [3.05, 3.63) is 12.2 Å². The Bertz CT molecular complexity index is 350. The summed E-state index contributed by atoms with van der Waals surface area (Å²) >= 11 is 0. The van der Waals surface area contributed by atoms with Gasteiger partial charge in [-0.1, -0.05) is 6.58 Å². The molecule has 0 spiro atoms. The first-order valence-electron chi connectivity index (χ1n) is 5.24. The Morgan fingerprint density at radius 1 is 1.47 bits per heavy atom. The molecule has 1 rings (SSSR count). The topological polar surface area (TPSA) is 72.9 Å². The molecule has 6 nitrogen and oxygen atoms in total. The second kappa shape index (κ2) is 6.03. The predicted molar refractivity (Wildman–Crippen MR) is 57.7 cm³/mol. The lowest BCUT2D eigenvalue weighted by atomic mass is 10.2. The molecule has 1 fully saturated rings. The summed E-state index contributed by atoms with van der Waals surface area (Å²) in [6.45, 7) is 3.94. The number of carbonyl (C=O) groups is 3. The molecule has 0 aromatic carbocycles. The van der Waals surface area contributed by atoms with E-state index < -0.39 is 11.9 Å². The highest BCUT2D eigenvalue weighted by Crippen LogP contribution is 2.10. The van der Waals surface area contributed by atoms with E-state index >= 15 is 0 Å². The van der Waals surface area contributed by atoms with Crippen molar-refractivity contribution in [1.29, 1.82) is 0 Å². The van der Waals surface area contributed by atoms with Gasteiger partial charge in [-0.15, -0.1) is 0 Å². The van der Waals surface area contributed by atoms with E-state index in [9.17, 15) is 14.4 Å². The van der Waals surface area contributed by atoms with Gasteiger partial charge in [0.1, 0.15) is 0 Å². The standard InChI is InChI=1S/C11H15NO5/c1-8(6-10(14)16-2)11(15)17-7-12-5-3-4-9(12)13/h1,3-7H2,2H3. The number of hydrogen-bond acceptors (Lipinski definition) is 5. The molecular formula is C11H15NO5. The van der Waals surface area contributed by atoms with Gasteiger partial charge in [-0.25, -0.2) is 4.79 Å². The van der Waals surface area contributed by atoms with Crippen LogP contribution in [0.1, 0.15) is 19.3 Å². The molecule has 1 saturated heterocycles. The molecule has 6 heteroatoms. The molecule has 1 heterocycles. The van der Waals surface area contributed by atoms with Crippen molar-refractivity contribution < 1.29 is 23.9 Å². The van der Waals surface area contributed by atoms with E-state index in [1.165, 1.54) is 12.0 Å². The fourth-order valence-electron chi connectivity index (χ4n) is 1.40. The van der Waals surface area contributed by atoms with Crippen molar-refractivity contribution in [2.24, 2.45) is 0 Å². The first kappa shape index (κ1) is 13.2. The molecule has 0 saturated carbocycles. The molecule has 0 N–H and O–H groups in total. The van der Waals surface area contributed by atoms with Crippen molar-refractivity contribution >= 4 is 17.8 Å². The number of methoxy groups -OCH3 is 1. The van der Waals surface area contributed by atoms with E-state index in [-0.39, 0.29) is 24.6 Å². The summed E-state index contributed by atoms with van der Waals surface area (Å²) in [4.78, 5) is 34.9. The molecule has 0 aromatic heterocycles. The molecule has 1 aliphatic heterocycles. The fraction of sp³-hybridized carbons (Fsp3) is 0.545. The van der Waals surface area contributed by atoms with E-state index in [4.69, 9.17) is 4.74 Å². The molecule has 0 aromatic rings. The van der Waals surface area contributed by atoms with Crippen LogP contribution in [0.3, 0.4) is 0 Å². The highest BCUT2D eigenvalue weighted by Gasteiger charge is 2.22. The minimum absolute atomic E-state index is 0.0171. The van der Waals surface area contributed by atoms with Crippen molar-refractivity contribution in [3.8, 4) is 0 Å². The number of ether oxygens (including phenoxy) is 2. The lowest BCUT2D eigenvalue weighted by Crippen LogP contribution is -2.29. The summed E-state index contributed by atoms with van der Waals surface area (Å²) in [5, 5.41) is 0. The molecule has 0 atom stereocenters. The summed E-state index contributed by atoms with van der Waals surface area (Å²) in [5.41, 5.74) is 0.0171. The van der Waals surface area contributed by atoms with Gasteiger partial charge in [0.15, 0.2) is 6.73 Å². The van der Waals surface area contributed by atoms with Gasteiger partial charge in [0.25, 0.3) is 0 Å². The first-order valence-corrected chi connectivity index (χ1v) is 5.24. The predicted octanol–water partition coefficient (Wildman–Crippen LogP) is 0.229. The zero-order chi connectivity index (χ0) is 12.8.